The van der Waals surface area contributed by atoms with E-state index in [0.717, 1.165) is 42.5 Å². The van der Waals surface area contributed by atoms with E-state index in [-0.39, 0.29) is 5.56 Å². The van der Waals surface area contributed by atoms with Gasteiger partial charge >= 0.3 is 0 Å². The van der Waals surface area contributed by atoms with Crippen LogP contribution < -0.4 is 5.56 Å². The lowest BCUT2D eigenvalue weighted by Crippen LogP contribution is -2.17. The van der Waals surface area contributed by atoms with Gasteiger partial charge in [-0.3, -0.25) is 4.79 Å². The minimum absolute atomic E-state index is 0.00227. The van der Waals surface area contributed by atoms with Crippen LogP contribution in [0.5, 0.6) is 0 Å². The first kappa shape index (κ1) is 13.5. The average molecular weight is 256 g/mol. The largest absolute Gasteiger partial charge is 0.306 e. The lowest BCUT2D eigenvalue weighted by Gasteiger charge is -2.07. The average Bonchev–Trinajstić information content (AvgIpc) is 2.43. The van der Waals surface area contributed by atoms with Crippen molar-refractivity contribution in [3.8, 4) is 11.4 Å². The van der Waals surface area contributed by atoms with Crippen molar-refractivity contribution in [2.24, 2.45) is 0 Å². The Morgan fingerprint density at radius 1 is 1.16 bits per heavy atom. The van der Waals surface area contributed by atoms with E-state index in [1.165, 1.54) is 0 Å². The van der Waals surface area contributed by atoms with Gasteiger partial charge in [0, 0.05) is 16.8 Å². The molecule has 0 aliphatic carbocycles. The van der Waals surface area contributed by atoms with Crippen molar-refractivity contribution in [2.45, 2.75) is 39.5 Å². The number of H-pyrrole nitrogens is 1. The number of hydrogen-bond donors (Lipinski definition) is 1. The topological polar surface area (TPSA) is 45.8 Å². The third kappa shape index (κ3) is 3.31. The normalized spacial score (nSPS) is 10.6. The van der Waals surface area contributed by atoms with Crippen molar-refractivity contribution in [2.75, 3.05) is 0 Å². The highest BCUT2D eigenvalue weighted by atomic mass is 16.1. The first-order chi connectivity index (χ1) is 9.22. The van der Waals surface area contributed by atoms with Crippen molar-refractivity contribution in [3.63, 3.8) is 0 Å². The van der Waals surface area contributed by atoms with Crippen LogP contribution in [0, 0.1) is 6.92 Å². The molecule has 0 bridgehead atoms. The Hall–Kier alpha value is -1.90. The zero-order valence-electron chi connectivity index (χ0n) is 11.6. The van der Waals surface area contributed by atoms with Gasteiger partial charge in [-0.1, -0.05) is 50.1 Å². The fourth-order valence-electron chi connectivity index (χ4n) is 2.19. The van der Waals surface area contributed by atoms with Crippen LogP contribution in [0.1, 0.15) is 37.4 Å². The number of aromatic nitrogens is 2. The van der Waals surface area contributed by atoms with Crippen LogP contribution in [0.15, 0.2) is 35.1 Å². The first-order valence-electron chi connectivity index (χ1n) is 6.87. The monoisotopic (exact) mass is 256 g/mol. The lowest BCUT2D eigenvalue weighted by atomic mass is 10.1. The molecule has 1 aromatic carbocycles. The molecule has 19 heavy (non-hydrogen) atoms. The van der Waals surface area contributed by atoms with Crippen LogP contribution in [-0.2, 0) is 6.42 Å². The zero-order chi connectivity index (χ0) is 13.7. The smallest absolute Gasteiger partial charge is 0.254 e. The second kappa shape index (κ2) is 6.32. The molecule has 0 aliphatic heterocycles. The number of benzene rings is 1. The van der Waals surface area contributed by atoms with Gasteiger partial charge in [-0.05, 0) is 19.8 Å². The number of nitrogens with one attached hydrogen (secondary N) is 1. The summed E-state index contributed by atoms with van der Waals surface area (Å²) >= 11 is 0. The van der Waals surface area contributed by atoms with Crippen molar-refractivity contribution in [3.05, 3.63) is 51.9 Å². The van der Waals surface area contributed by atoms with Gasteiger partial charge in [0.2, 0.25) is 0 Å². The van der Waals surface area contributed by atoms with Crippen LogP contribution in [0.2, 0.25) is 0 Å². The zero-order valence-corrected chi connectivity index (χ0v) is 11.6. The molecule has 0 spiro atoms. The Morgan fingerprint density at radius 3 is 2.53 bits per heavy atom. The quantitative estimate of drug-likeness (QED) is 0.832. The van der Waals surface area contributed by atoms with Gasteiger partial charge in [-0.25, -0.2) is 4.98 Å². The molecular weight excluding hydrogens is 236 g/mol. The maximum atomic E-state index is 12.1. The Bertz CT molecular complexity index is 587. The third-order valence-corrected chi connectivity index (χ3v) is 3.30. The second-order valence-electron chi connectivity index (χ2n) is 4.80. The molecule has 1 heterocycles. The van der Waals surface area contributed by atoms with Gasteiger partial charge in [0.15, 0.2) is 0 Å². The van der Waals surface area contributed by atoms with E-state index in [9.17, 15) is 4.79 Å². The third-order valence-electron chi connectivity index (χ3n) is 3.30. The molecule has 2 rings (SSSR count). The van der Waals surface area contributed by atoms with Crippen LogP contribution >= 0.6 is 0 Å². The summed E-state index contributed by atoms with van der Waals surface area (Å²) in [5.41, 5.74) is 2.62. The highest BCUT2D eigenvalue weighted by Crippen LogP contribution is 2.14. The standard InChI is InChI=1S/C16H20N2O/c1-3-4-6-11-14-12(2)17-15(18-16(14)19)13-9-7-5-8-10-13/h5,7-10H,3-4,6,11H2,1-2H3,(H,17,18,19). The molecule has 2 aromatic rings. The summed E-state index contributed by atoms with van der Waals surface area (Å²) in [5.74, 6) is 0.655. The summed E-state index contributed by atoms with van der Waals surface area (Å²) in [7, 11) is 0. The van der Waals surface area contributed by atoms with E-state index < -0.39 is 0 Å². The van der Waals surface area contributed by atoms with E-state index in [4.69, 9.17) is 0 Å². The molecule has 100 valence electrons. The Labute approximate surface area is 113 Å². The Balaban J connectivity index is 2.29. The maximum absolute atomic E-state index is 12.1. The molecule has 0 unspecified atom stereocenters. The Kier molecular flexibility index (Phi) is 4.50. The van der Waals surface area contributed by atoms with Gasteiger partial charge < -0.3 is 4.98 Å². The molecule has 3 heteroatoms. The van der Waals surface area contributed by atoms with Crippen LogP contribution in [0.25, 0.3) is 11.4 Å². The summed E-state index contributed by atoms with van der Waals surface area (Å²) in [6.07, 6.45) is 4.18. The van der Waals surface area contributed by atoms with Gasteiger partial charge in [0.05, 0.1) is 0 Å². The SMILES string of the molecule is CCCCCc1c(C)nc(-c2ccccc2)[nH]c1=O. The number of hydrogen-bond acceptors (Lipinski definition) is 2. The number of aromatic amines is 1. The molecule has 0 radical (unpaired) electrons. The predicted molar refractivity (Wildman–Crippen MR) is 78.3 cm³/mol. The number of rotatable bonds is 5. The van der Waals surface area contributed by atoms with Crippen molar-refractivity contribution in [1.82, 2.24) is 9.97 Å². The van der Waals surface area contributed by atoms with Gasteiger partial charge in [0.1, 0.15) is 5.82 Å². The Morgan fingerprint density at radius 2 is 1.89 bits per heavy atom. The highest BCUT2D eigenvalue weighted by Gasteiger charge is 2.08. The summed E-state index contributed by atoms with van der Waals surface area (Å²) in [6, 6.07) is 9.75. The molecule has 0 fully saturated rings. The fourth-order valence-corrected chi connectivity index (χ4v) is 2.19. The van der Waals surface area contributed by atoms with Crippen LogP contribution in [0.4, 0.5) is 0 Å². The van der Waals surface area contributed by atoms with Gasteiger partial charge in [0.25, 0.3) is 5.56 Å². The van der Waals surface area contributed by atoms with Crippen molar-refractivity contribution < 1.29 is 0 Å². The van der Waals surface area contributed by atoms with Crippen molar-refractivity contribution >= 4 is 0 Å². The molecule has 0 aliphatic rings. The highest BCUT2D eigenvalue weighted by molar-refractivity contribution is 5.54. The van der Waals surface area contributed by atoms with E-state index in [2.05, 4.69) is 16.9 Å². The summed E-state index contributed by atoms with van der Waals surface area (Å²) in [4.78, 5) is 19.6. The predicted octanol–water partition coefficient (Wildman–Crippen LogP) is 3.48. The second-order valence-corrected chi connectivity index (χ2v) is 4.80. The van der Waals surface area contributed by atoms with Gasteiger partial charge in [-0.2, -0.15) is 0 Å². The van der Waals surface area contributed by atoms with Gasteiger partial charge in [-0.15, -0.1) is 0 Å². The molecule has 0 saturated heterocycles. The maximum Gasteiger partial charge on any atom is 0.254 e. The number of unbranched alkanes of at least 4 members (excludes halogenated alkanes) is 2. The minimum atomic E-state index is 0.00227. The van der Waals surface area contributed by atoms with E-state index in [1.807, 2.05) is 37.3 Å². The van der Waals surface area contributed by atoms with Crippen LogP contribution in [-0.4, -0.2) is 9.97 Å². The molecular formula is C16H20N2O. The minimum Gasteiger partial charge on any atom is -0.306 e. The summed E-state index contributed by atoms with van der Waals surface area (Å²) in [6.45, 7) is 4.08. The molecule has 1 N–H and O–H groups in total. The molecule has 1 aromatic heterocycles. The molecule has 3 nitrogen and oxygen atoms in total. The molecule has 0 amide bonds. The fraction of sp³-hybridized carbons (Fsp3) is 0.375. The summed E-state index contributed by atoms with van der Waals surface area (Å²) in [5, 5.41) is 0. The van der Waals surface area contributed by atoms with E-state index >= 15 is 0 Å². The van der Waals surface area contributed by atoms with Crippen LogP contribution in [0.3, 0.4) is 0 Å². The molecule has 0 saturated carbocycles. The van der Waals surface area contributed by atoms with E-state index in [1.54, 1.807) is 0 Å². The first-order valence-corrected chi connectivity index (χ1v) is 6.87. The number of aryl methyl sites for hydroxylation is 1. The number of nitrogens with zero attached hydrogens (tertiary/aromatic N) is 1. The van der Waals surface area contributed by atoms with E-state index in [0.29, 0.717) is 5.82 Å². The van der Waals surface area contributed by atoms with Crippen molar-refractivity contribution in [1.29, 1.82) is 0 Å². The molecule has 0 atom stereocenters. The summed E-state index contributed by atoms with van der Waals surface area (Å²) < 4.78 is 0. The lowest BCUT2D eigenvalue weighted by molar-refractivity contribution is 0.707.